The summed E-state index contributed by atoms with van der Waals surface area (Å²) in [6, 6.07) is 4.44. The molecule has 3 aliphatic heterocycles. The van der Waals surface area contributed by atoms with E-state index in [1.54, 1.807) is 7.11 Å². The van der Waals surface area contributed by atoms with Crippen molar-refractivity contribution < 1.29 is 19.3 Å². The zero-order chi connectivity index (χ0) is 14.9. The first-order chi connectivity index (χ1) is 10.7. The highest BCUT2D eigenvalue weighted by Crippen LogP contribution is 2.53. The Hall–Kier alpha value is -1.56. The molecule has 1 aromatic rings. The topological polar surface area (TPSA) is 51.2 Å². The van der Waals surface area contributed by atoms with Crippen LogP contribution in [-0.4, -0.2) is 48.7 Å². The van der Waals surface area contributed by atoms with Gasteiger partial charge in [0.25, 0.3) is 0 Å². The first-order valence-electron chi connectivity index (χ1n) is 7.79. The zero-order valence-electron chi connectivity index (χ0n) is 12.5. The quantitative estimate of drug-likeness (QED) is 0.790. The monoisotopic (exact) mass is 301 g/mol. The Kier molecular flexibility index (Phi) is 2.50. The molecule has 116 valence electrons. The minimum absolute atomic E-state index is 0.126. The zero-order valence-corrected chi connectivity index (χ0v) is 12.5. The molecule has 1 N–H and O–H groups in total. The van der Waals surface area contributed by atoms with Gasteiger partial charge in [0.15, 0.2) is 11.5 Å². The van der Waals surface area contributed by atoms with E-state index in [-0.39, 0.29) is 24.4 Å². The molecule has 5 heteroatoms. The number of aliphatic hydroxyl groups excluding tert-OH is 1. The molecule has 2 bridgehead atoms. The van der Waals surface area contributed by atoms with Gasteiger partial charge in [-0.05, 0) is 29.7 Å². The van der Waals surface area contributed by atoms with Gasteiger partial charge in [0.05, 0.1) is 17.6 Å². The third-order valence-corrected chi connectivity index (χ3v) is 5.73. The van der Waals surface area contributed by atoms with Gasteiger partial charge in [0, 0.05) is 26.2 Å². The number of aliphatic hydroxyl groups is 1. The lowest BCUT2D eigenvalue weighted by Gasteiger charge is -2.46. The molecule has 0 radical (unpaired) electrons. The molecule has 1 fully saturated rings. The van der Waals surface area contributed by atoms with Gasteiger partial charge in [-0.3, -0.25) is 4.90 Å². The third-order valence-electron chi connectivity index (χ3n) is 5.73. The summed E-state index contributed by atoms with van der Waals surface area (Å²) in [5, 5.41) is 10.8. The molecule has 1 aliphatic carbocycles. The van der Waals surface area contributed by atoms with Gasteiger partial charge in [-0.2, -0.15) is 0 Å². The van der Waals surface area contributed by atoms with E-state index >= 15 is 0 Å². The summed E-state index contributed by atoms with van der Waals surface area (Å²) in [6.45, 7) is 1.83. The average Bonchev–Trinajstić information content (AvgIpc) is 3.06. The fourth-order valence-corrected chi connectivity index (χ4v) is 4.69. The van der Waals surface area contributed by atoms with Gasteiger partial charge in [-0.25, -0.2) is 0 Å². The van der Waals surface area contributed by atoms with Crippen molar-refractivity contribution in [1.29, 1.82) is 0 Å². The number of nitrogens with zero attached hydrogens (tertiary/aromatic N) is 1. The van der Waals surface area contributed by atoms with Crippen LogP contribution in [0.5, 0.6) is 11.5 Å². The lowest BCUT2D eigenvalue weighted by molar-refractivity contribution is 0.0660. The average molecular weight is 301 g/mol. The minimum Gasteiger partial charge on any atom is -0.454 e. The van der Waals surface area contributed by atoms with Gasteiger partial charge in [-0.1, -0.05) is 12.2 Å². The van der Waals surface area contributed by atoms with Gasteiger partial charge in [0.2, 0.25) is 6.79 Å². The Balaban J connectivity index is 1.72. The van der Waals surface area contributed by atoms with Crippen LogP contribution in [0.15, 0.2) is 24.3 Å². The van der Waals surface area contributed by atoms with Gasteiger partial charge in [0.1, 0.15) is 0 Å². The van der Waals surface area contributed by atoms with Crippen LogP contribution in [0.25, 0.3) is 0 Å². The van der Waals surface area contributed by atoms with Crippen LogP contribution in [-0.2, 0) is 16.7 Å². The molecule has 5 atom stereocenters. The predicted molar refractivity (Wildman–Crippen MR) is 79.0 cm³/mol. The number of hydrogen-bond donors (Lipinski definition) is 1. The molecule has 4 aliphatic rings. The highest BCUT2D eigenvalue weighted by Gasteiger charge is 2.58. The lowest BCUT2D eigenvalue weighted by atomic mass is 9.65. The molecule has 0 aromatic heterocycles. The van der Waals surface area contributed by atoms with Crippen molar-refractivity contribution in [1.82, 2.24) is 4.90 Å². The minimum atomic E-state index is -0.395. The maximum Gasteiger partial charge on any atom is 0.231 e. The van der Waals surface area contributed by atoms with Crippen LogP contribution in [0.4, 0.5) is 0 Å². The summed E-state index contributed by atoms with van der Waals surface area (Å²) in [6.07, 6.45) is 4.91. The summed E-state index contributed by atoms with van der Waals surface area (Å²) < 4.78 is 16.6. The fraction of sp³-hybridized carbons (Fsp3) is 0.529. The molecule has 3 unspecified atom stereocenters. The van der Waals surface area contributed by atoms with E-state index in [1.807, 2.05) is 0 Å². The number of benzene rings is 1. The Morgan fingerprint density at radius 3 is 2.95 bits per heavy atom. The Bertz CT molecular complexity index is 673. The van der Waals surface area contributed by atoms with Crippen molar-refractivity contribution in [2.75, 3.05) is 20.4 Å². The van der Waals surface area contributed by atoms with Gasteiger partial charge < -0.3 is 19.3 Å². The number of hydrogen-bond acceptors (Lipinski definition) is 5. The smallest absolute Gasteiger partial charge is 0.231 e. The molecule has 1 saturated heterocycles. The number of rotatable bonds is 1. The van der Waals surface area contributed by atoms with E-state index in [1.165, 1.54) is 11.1 Å². The van der Waals surface area contributed by atoms with E-state index < -0.39 is 6.10 Å². The molecule has 22 heavy (non-hydrogen) atoms. The van der Waals surface area contributed by atoms with Crippen LogP contribution < -0.4 is 9.47 Å². The highest BCUT2D eigenvalue weighted by molar-refractivity contribution is 5.56. The second-order valence-electron chi connectivity index (χ2n) is 6.63. The van der Waals surface area contributed by atoms with Crippen LogP contribution in [0.3, 0.4) is 0 Å². The Morgan fingerprint density at radius 2 is 2.14 bits per heavy atom. The second kappa shape index (κ2) is 4.25. The fourth-order valence-electron chi connectivity index (χ4n) is 4.69. The van der Waals surface area contributed by atoms with Crippen LogP contribution in [0, 0.1) is 0 Å². The summed E-state index contributed by atoms with van der Waals surface area (Å²) in [5.74, 6) is 1.61. The summed E-state index contributed by atoms with van der Waals surface area (Å²) in [7, 11) is 1.75. The first-order valence-corrected chi connectivity index (χ1v) is 7.79. The SMILES string of the molecule is COC1C=CC23c4cc5c(cc4CN(C[C@H]2O)[C@@H]3C1)OCO5. The molecule has 5 nitrogen and oxygen atoms in total. The van der Waals surface area contributed by atoms with Crippen molar-refractivity contribution in [3.8, 4) is 11.5 Å². The van der Waals surface area contributed by atoms with E-state index in [2.05, 4.69) is 29.2 Å². The second-order valence-corrected chi connectivity index (χ2v) is 6.63. The molecule has 3 heterocycles. The molecular weight excluding hydrogens is 282 g/mol. The van der Waals surface area contributed by atoms with Crippen molar-refractivity contribution in [3.63, 3.8) is 0 Å². The van der Waals surface area contributed by atoms with Crippen molar-refractivity contribution in [2.24, 2.45) is 0 Å². The highest BCUT2D eigenvalue weighted by atomic mass is 16.7. The van der Waals surface area contributed by atoms with Crippen molar-refractivity contribution in [2.45, 2.75) is 36.6 Å². The molecule has 0 spiro atoms. The summed E-state index contributed by atoms with van der Waals surface area (Å²) in [4.78, 5) is 2.38. The molecule has 0 amide bonds. The van der Waals surface area contributed by atoms with Gasteiger partial charge in [-0.15, -0.1) is 0 Å². The third kappa shape index (κ3) is 1.44. The summed E-state index contributed by atoms with van der Waals surface area (Å²) in [5.41, 5.74) is 2.08. The van der Waals surface area contributed by atoms with Gasteiger partial charge >= 0.3 is 0 Å². The normalized spacial score (nSPS) is 40.5. The maximum atomic E-state index is 10.8. The van der Waals surface area contributed by atoms with E-state index in [4.69, 9.17) is 14.2 Å². The molecule has 0 saturated carbocycles. The number of ether oxygens (including phenoxy) is 3. The first kappa shape index (κ1) is 12.9. The largest absolute Gasteiger partial charge is 0.454 e. The molecular formula is C17H19NO4. The van der Waals surface area contributed by atoms with Crippen LogP contribution in [0.1, 0.15) is 17.5 Å². The van der Waals surface area contributed by atoms with Crippen LogP contribution >= 0.6 is 0 Å². The summed E-state index contributed by atoms with van der Waals surface area (Å²) >= 11 is 0. The Labute approximate surface area is 129 Å². The van der Waals surface area contributed by atoms with Crippen LogP contribution in [0.2, 0.25) is 0 Å². The molecule has 5 rings (SSSR count). The number of fused-ring (bicyclic) bond motifs is 2. The predicted octanol–water partition coefficient (Wildman–Crippen LogP) is 1.19. The maximum absolute atomic E-state index is 10.8. The van der Waals surface area contributed by atoms with E-state index in [9.17, 15) is 5.11 Å². The van der Waals surface area contributed by atoms with E-state index in [0.717, 1.165) is 24.5 Å². The lowest BCUT2D eigenvalue weighted by Crippen LogP contribution is -2.52. The van der Waals surface area contributed by atoms with Crippen molar-refractivity contribution >= 4 is 0 Å². The standard InChI is InChI=1S/C17H19NO4/c1-20-11-2-3-17-12-6-14-13(21-9-22-14)4-10(12)7-18(8-16(17)19)15(17)5-11/h2-4,6,11,15-16,19H,5,7-9H2,1H3/t11?,15-,16-,17?/m1/s1. The molecule has 1 aromatic carbocycles. The van der Waals surface area contributed by atoms with E-state index in [0.29, 0.717) is 6.54 Å². The Morgan fingerprint density at radius 1 is 1.32 bits per heavy atom. The van der Waals surface area contributed by atoms with Crippen molar-refractivity contribution in [3.05, 3.63) is 35.4 Å². The number of methoxy groups -OCH3 is 1.